The van der Waals surface area contributed by atoms with Gasteiger partial charge in [0.15, 0.2) is 5.16 Å². The third-order valence-electron chi connectivity index (χ3n) is 4.24. The highest BCUT2D eigenvalue weighted by atomic mass is 35.5. The van der Waals surface area contributed by atoms with Gasteiger partial charge in [-0.3, -0.25) is 9.36 Å². The smallest absolute Gasteiger partial charge is 0.272 e. The molecule has 0 unspecified atom stereocenters. The van der Waals surface area contributed by atoms with E-state index in [0.717, 1.165) is 39.0 Å². The standard InChI is InChI=1S/C19H17ClN2OS3/c1-2-3-7-22-18(23)17-15(6-8-24-17)21-19(22)26-11-12-10-25-16-5-4-13(20)9-14(12)16/h4-6,8-10H,2-3,7,11H2,1H3. The Morgan fingerprint density at radius 2 is 2.15 bits per heavy atom. The van der Waals surface area contributed by atoms with E-state index in [0.29, 0.717) is 6.54 Å². The molecule has 0 bridgehead atoms. The number of fused-ring (bicyclic) bond motifs is 2. The maximum atomic E-state index is 12.8. The van der Waals surface area contributed by atoms with Crippen LogP contribution in [0.25, 0.3) is 20.3 Å². The Labute approximate surface area is 168 Å². The maximum Gasteiger partial charge on any atom is 0.272 e. The van der Waals surface area contributed by atoms with E-state index in [4.69, 9.17) is 16.6 Å². The molecule has 0 aliphatic rings. The van der Waals surface area contributed by atoms with Crippen LogP contribution >= 0.6 is 46.0 Å². The zero-order valence-electron chi connectivity index (χ0n) is 14.2. The molecule has 0 aliphatic heterocycles. The number of thioether (sulfide) groups is 1. The lowest BCUT2D eigenvalue weighted by atomic mass is 10.2. The van der Waals surface area contributed by atoms with Crippen LogP contribution in [0.3, 0.4) is 0 Å². The van der Waals surface area contributed by atoms with Crippen molar-refractivity contribution in [2.75, 3.05) is 0 Å². The highest BCUT2D eigenvalue weighted by Crippen LogP contribution is 2.33. The molecule has 4 aromatic rings. The number of aromatic nitrogens is 2. The van der Waals surface area contributed by atoms with E-state index in [1.807, 2.05) is 28.1 Å². The summed E-state index contributed by atoms with van der Waals surface area (Å²) in [6.07, 6.45) is 2.02. The fourth-order valence-electron chi connectivity index (χ4n) is 2.86. The minimum absolute atomic E-state index is 0.0826. The van der Waals surface area contributed by atoms with E-state index >= 15 is 0 Å². The Morgan fingerprint density at radius 3 is 3.00 bits per heavy atom. The van der Waals surface area contributed by atoms with Gasteiger partial charge in [0.05, 0.1) is 5.52 Å². The van der Waals surface area contributed by atoms with Gasteiger partial charge < -0.3 is 0 Å². The molecule has 134 valence electrons. The van der Waals surface area contributed by atoms with Gasteiger partial charge in [0.1, 0.15) is 4.70 Å². The monoisotopic (exact) mass is 420 g/mol. The summed E-state index contributed by atoms with van der Waals surface area (Å²) in [6.45, 7) is 2.85. The molecule has 26 heavy (non-hydrogen) atoms. The Bertz CT molecular complexity index is 1130. The number of unbranched alkanes of at least 4 members (excludes halogenated alkanes) is 1. The van der Waals surface area contributed by atoms with E-state index in [9.17, 15) is 4.79 Å². The predicted octanol–water partition coefficient (Wildman–Crippen LogP) is 6.42. The van der Waals surface area contributed by atoms with Crippen molar-refractivity contribution in [3.63, 3.8) is 0 Å². The van der Waals surface area contributed by atoms with E-state index in [-0.39, 0.29) is 5.56 Å². The summed E-state index contributed by atoms with van der Waals surface area (Å²) < 4.78 is 3.82. The van der Waals surface area contributed by atoms with Crippen LogP contribution in [0.2, 0.25) is 5.02 Å². The Balaban J connectivity index is 1.69. The van der Waals surface area contributed by atoms with Gasteiger partial charge in [0.2, 0.25) is 0 Å². The summed E-state index contributed by atoms with van der Waals surface area (Å²) in [6, 6.07) is 7.92. The van der Waals surface area contributed by atoms with Crippen LogP contribution in [0.15, 0.2) is 45.0 Å². The van der Waals surface area contributed by atoms with Gasteiger partial charge in [-0.1, -0.05) is 36.7 Å². The highest BCUT2D eigenvalue weighted by Gasteiger charge is 2.14. The van der Waals surface area contributed by atoms with Crippen LogP contribution < -0.4 is 5.56 Å². The van der Waals surface area contributed by atoms with Crippen molar-refractivity contribution in [1.82, 2.24) is 9.55 Å². The first-order valence-corrected chi connectivity index (χ1v) is 11.6. The molecule has 0 N–H and O–H groups in total. The maximum absolute atomic E-state index is 12.8. The van der Waals surface area contributed by atoms with Gasteiger partial charge in [-0.2, -0.15) is 0 Å². The number of benzene rings is 1. The van der Waals surface area contributed by atoms with Crippen molar-refractivity contribution >= 4 is 66.3 Å². The molecule has 0 atom stereocenters. The highest BCUT2D eigenvalue weighted by molar-refractivity contribution is 7.98. The first-order valence-electron chi connectivity index (χ1n) is 8.44. The zero-order chi connectivity index (χ0) is 18.1. The molecule has 0 fully saturated rings. The zero-order valence-corrected chi connectivity index (χ0v) is 17.4. The van der Waals surface area contributed by atoms with E-state index < -0.39 is 0 Å². The van der Waals surface area contributed by atoms with Crippen LogP contribution in [0.1, 0.15) is 25.3 Å². The van der Waals surface area contributed by atoms with E-state index in [1.165, 1.54) is 27.0 Å². The number of halogens is 1. The van der Waals surface area contributed by atoms with Crippen molar-refractivity contribution in [3.05, 3.63) is 56.0 Å². The van der Waals surface area contributed by atoms with Crippen molar-refractivity contribution < 1.29 is 0 Å². The molecular formula is C19H17ClN2OS3. The quantitative estimate of drug-likeness (QED) is 0.266. The first-order chi connectivity index (χ1) is 12.7. The van der Waals surface area contributed by atoms with E-state index in [1.54, 1.807) is 23.1 Å². The minimum atomic E-state index is 0.0826. The SMILES string of the molecule is CCCCn1c(SCc2csc3ccc(Cl)cc23)nc2ccsc2c1=O. The van der Waals surface area contributed by atoms with Crippen LogP contribution in [-0.4, -0.2) is 9.55 Å². The molecule has 1 aromatic carbocycles. The van der Waals surface area contributed by atoms with E-state index in [2.05, 4.69) is 18.4 Å². The summed E-state index contributed by atoms with van der Waals surface area (Å²) in [7, 11) is 0. The fourth-order valence-corrected chi connectivity index (χ4v) is 5.87. The minimum Gasteiger partial charge on any atom is -0.286 e. The molecule has 0 amide bonds. The van der Waals surface area contributed by atoms with Gasteiger partial charge in [0, 0.05) is 22.0 Å². The average molecular weight is 421 g/mol. The molecule has 0 saturated heterocycles. The molecule has 0 aliphatic carbocycles. The summed E-state index contributed by atoms with van der Waals surface area (Å²) in [5, 5.41) is 6.85. The van der Waals surface area contributed by atoms with Crippen molar-refractivity contribution in [2.24, 2.45) is 0 Å². The summed E-state index contributed by atoms with van der Waals surface area (Å²) in [4.78, 5) is 17.6. The van der Waals surface area contributed by atoms with Crippen LogP contribution in [0.5, 0.6) is 0 Å². The van der Waals surface area contributed by atoms with Crippen LogP contribution in [-0.2, 0) is 12.3 Å². The van der Waals surface area contributed by atoms with Crippen molar-refractivity contribution in [2.45, 2.75) is 37.2 Å². The first kappa shape index (κ1) is 18.0. The molecule has 0 saturated carbocycles. The third-order valence-corrected chi connectivity index (χ3v) is 7.40. The molecular weight excluding hydrogens is 404 g/mol. The molecule has 0 spiro atoms. The summed E-state index contributed by atoms with van der Waals surface area (Å²) in [5.74, 6) is 0.772. The lowest BCUT2D eigenvalue weighted by molar-refractivity contribution is 0.558. The van der Waals surface area contributed by atoms with Crippen molar-refractivity contribution in [3.8, 4) is 0 Å². The number of hydrogen-bond acceptors (Lipinski definition) is 5. The molecule has 3 heterocycles. The van der Waals surface area contributed by atoms with Gasteiger partial charge in [-0.25, -0.2) is 4.98 Å². The molecule has 3 nitrogen and oxygen atoms in total. The van der Waals surface area contributed by atoms with Gasteiger partial charge in [-0.15, -0.1) is 22.7 Å². The van der Waals surface area contributed by atoms with Crippen LogP contribution in [0.4, 0.5) is 0 Å². The number of thiophene rings is 2. The summed E-state index contributed by atoms with van der Waals surface area (Å²) in [5.41, 5.74) is 2.12. The van der Waals surface area contributed by atoms with Crippen molar-refractivity contribution in [1.29, 1.82) is 0 Å². The Hall–Kier alpha value is -1.34. The van der Waals surface area contributed by atoms with Gasteiger partial charge in [-0.05, 0) is 52.4 Å². The average Bonchev–Trinajstić information content (AvgIpc) is 3.26. The lowest BCUT2D eigenvalue weighted by Gasteiger charge is -2.11. The predicted molar refractivity (Wildman–Crippen MR) is 115 cm³/mol. The molecule has 7 heteroatoms. The van der Waals surface area contributed by atoms with Crippen LogP contribution in [0, 0.1) is 0 Å². The second kappa shape index (κ2) is 7.72. The topological polar surface area (TPSA) is 34.9 Å². The summed E-state index contributed by atoms with van der Waals surface area (Å²) >= 11 is 11.0. The third kappa shape index (κ3) is 3.43. The normalized spacial score (nSPS) is 11.6. The lowest BCUT2D eigenvalue weighted by Crippen LogP contribution is -2.22. The Kier molecular flexibility index (Phi) is 5.36. The van der Waals surface area contributed by atoms with Gasteiger partial charge >= 0.3 is 0 Å². The number of nitrogens with zero attached hydrogens (tertiary/aromatic N) is 2. The largest absolute Gasteiger partial charge is 0.286 e. The molecule has 4 rings (SSSR count). The Morgan fingerprint density at radius 1 is 1.27 bits per heavy atom. The second-order valence-corrected chi connectivity index (χ2v) is 9.24. The number of hydrogen-bond donors (Lipinski definition) is 0. The fraction of sp³-hybridized carbons (Fsp3) is 0.263. The molecule has 0 radical (unpaired) electrons. The molecule has 3 aromatic heterocycles. The second-order valence-electron chi connectivity index (χ2n) is 6.03. The van der Waals surface area contributed by atoms with Gasteiger partial charge in [0.25, 0.3) is 5.56 Å². The number of rotatable bonds is 6.